The number of pyridine rings is 1. The van der Waals surface area contributed by atoms with Gasteiger partial charge in [0.25, 0.3) is 0 Å². The number of carbonyl (C=O) groups is 2. The fraction of sp³-hybridized carbons (Fsp3) is 0.250. The number of thiol groups is 1. The number of aromatic nitrogens is 1. The lowest BCUT2D eigenvalue weighted by molar-refractivity contribution is -0.136. The largest absolute Gasteiger partial charge is 0.454 e. The van der Waals surface area contributed by atoms with Crippen molar-refractivity contribution in [3.8, 4) is 0 Å². The van der Waals surface area contributed by atoms with Gasteiger partial charge in [0.15, 0.2) is 6.61 Å². The summed E-state index contributed by atoms with van der Waals surface area (Å²) in [4.78, 5) is 26.5. The molecule has 1 rings (SSSR count). The summed E-state index contributed by atoms with van der Waals surface area (Å²) in [5, 5.41) is 0. The molecule has 0 fully saturated rings. The Kier molecular flexibility index (Phi) is 5.87. The molecule has 0 aliphatic rings. The lowest BCUT2D eigenvalue weighted by Gasteiger charge is -2.02. The predicted molar refractivity (Wildman–Crippen MR) is 68.4 cm³/mol. The van der Waals surface area contributed by atoms with Gasteiger partial charge in [0.2, 0.25) is 5.78 Å². The molecule has 0 aliphatic carbocycles. The minimum Gasteiger partial charge on any atom is -0.454 e. The van der Waals surface area contributed by atoms with Gasteiger partial charge in [-0.3, -0.25) is 9.78 Å². The first-order valence-electron chi connectivity index (χ1n) is 5.42. The van der Waals surface area contributed by atoms with Gasteiger partial charge in [-0.15, -0.1) is 0 Å². The first-order chi connectivity index (χ1) is 9.02. The van der Waals surface area contributed by atoms with Gasteiger partial charge < -0.3 is 4.74 Å². The summed E-state index contributed by atoms with van der Waals surface area (Å²) in [6.45, 7) is 1.28. The molecule has 6 nitrogen and oxygen atoms in total. The number of ketones is 1. The standard InChI is InChI=1S/C12H13NO5S/c1-2-3-12(15)18-7-11(14)9-4-5-10(13-6-9)8-19(16)17/h2-6,19H,7-8H2,1H3. The minimum absolute atomic E-state index is 0.167. The second kappa shape index (κ2) is 7.42. The Bertz CT molecular complexity index is 552. The summed E-state index contributed by atoms with van der Waals surface area (Å²) in [5.41, 5.74) is 0.622. The SMILES string of the molecule is CC=CC(=O)OCC(=O)c1ccc(C[SH](=O)=O)nc1. The maximum absolute atomic E-state index is 11.6. The average molecular weight is 283 g/mol. The number of rotatable bonds is 6. The molecule has 0 saturated carbocycles. The Balaban J connectivity index is 2.60. The summed E-state index contributed by atoms with van der Waals surface area (Å²) in [6.07, 6.45) is 3.98. The quantitative estimate of drug-likeness (QED) is 0.354. The van der Waals surface area contributed by atoms with E-state index in [9.17, 15) is 18.0 Å². The van der Waals surface area contributed by atoms with E-state index in [1.807, 2.05) is 0 Å². The fourth-order valence-corrected chi connectivity index (χ4v) is 1.67. The smallest absolute Gasteiger partial charge is 0.330 e. The van der Waals surface area contributed by atoms with Crippen molar-refractivity contribution >= 4 is 22.5 Å². The van der Waals surface area contributed by atoms with E-state index in [-0.39, 0.29) is 17.9 Å². The number of hydrogen-bond donors (Lipinski definition) is 1. The first kappa shape index (κ1) is 15.0. The monoisotopic (exact) mass is 283 g/mol. The van der Waals surface area contributed by atoms with Crippen molar-refractivity contribution in [3.63, 3.8) is 0 Å². The molecule has 102 valence electrons. The molecule has 0 saturated heterocycles. The highest BCUT2D eigenvalue weighted by molar-refractivity contribution is 7.71. The van der Waals surface area contributed by atoms with Crippen LogP contribution in [0.3, 0.4) is 0 Å². The van der Waals surface area contributed by atoms with Crippen LogP contribution in [0.1, 0.15) is 23.0 Å². The van der Waals surface area contributed by atoms with Crippen LogP contribution in [-0.2, 0) is 26.0 Å². The molecule has 1 aromatic rings. The summed E-state index contributed by atoms with van der Waals surface area (Å²) in [5.74, 6) is -1.16. The van der Waals surface area contributed by atoms with E-state index in [4.69, 9.17) is 4.74 Å². The van der Waals surface area contributed by atoms with Crippen LogP contribution in [0.5, 0.6) is 0 Å². The molecule has 19 heavy (non-hydrogen) atoms. The molecular weight excluding hydrogens is 270 g/mol. The number of Topliss-reactive ketones (excluding diaryl/α,β-unsaturated/α-hetero) is 1. The van der Waals surface area contributed by atoms with E-state index in [1.165, 1.54) is 30.5 Å². The van der Waals surface area contributed by atoms with Crippen LogP contribution < -0.4 is 0 Å². The van der Waals surface area contributed by atoms with Gasteiger partial charge in [-0.1, -0.05) is 6.08 Å². The molecule has 0 bridgehead atoms. The number of hydrogen-bond acceptors (Lipinski definition) is 6. The Morgan fingerprint density at radius 2 is 2.11 bits per heavy atom. The van der Waals surface area contributed by atoms with Crippen molar-refractivity contribution in [3.05, 3.63) is 41.7 Å². The second-order valence-corrected chi connectivity index (χ2v) is 4.54. The van der Waals surface area contributed by atoms with Gasteiger partial charge in [-0.25, -0.2) is 13.2 Å². The molecule has 7 heteroatoms. The van der Waals surface area contributed by atoms with Crippen molar-refractivity contribution in [2.75, 3.05) is 6.61 Å². The van der Waals surface area contributed by atoms with Gasteiger partial charge >= 0.3 is 5.97 Å². The average Bonchev–Trinajstić information content (AvgIpc) is 2.36. The lowest BCUT2D eigenvalue weighted by Crippen LogP contribution is -2.13. The highest BCUT2D eigenvalue weighted by Crippen LogP contribution is 2.03. The molecule has 0 amide bonds. The van der Waals surface area contributed by atoms with Gasteiger partial charge in [0, 0.05) is 17.8 Å². The third kappa shape index (κ3) is 5.43. The maximum atomic E-state index is 11.6. The minimum atomic E-state index is -2.55. The number of nitrogens with zero attached hydrogens (tertiary/aromatic N) is 1. The lowest BCUT2D eigenvalue weighted by atomic mass is 10.2. The zero-order valence-corrected chi connectivity index (χ0v) is 11.1. The molecule has 0 spiro atoms. The van der Waals surface area contributed by atoms with Gasteiger partial charge in [0.1, 0.15) is 10.7 Å². The molecule has 0 aromatic carbocycles. The number of carbonyl (C=O) groups excluding carboxylic acids is 2. The van der Waals surface area contributed by atoms with Crippen LogP contribution >= 0.6 is 0 Å². The van der Waals surface area contributed by atoms with Crippen molar-refractivity contribution in [2.24, 2.45) is 0 Å². The predicted octanol–water partition coefficient (Wildman–Crippen LogP) is 0.495. The molecule has 1 heterocycles. The fourth-order valence-electron chi connectivity index (χ4n) is 1.22. The molecule has 1 aromatic heterocycles. The van der Waals surface area contributed by atoms with E-state index in [2.05, 4.69) is 4.98 Å². The van der Waals surface area contributed by atoms with Crippen LogP contribution in [0.15, 0.2) is 30.5 Å². The zero-order valence-electron chi connectivity index (χ0n) is 10.2. The van der Waals surface area contributed by atoms with Gasteiger partial charge in [0.05, 0.1) is 11.4 Å². The van der Waals surface area contributed by atoms with Crippen LogP contribution in [-0.4, -0.2) is 31.8 Å². The normalized spacial score (nSPS) is 10.8. The highest BCUT2D eigenvalue weighted by Gasteiger charge is 2.09. The van der Waals surface area contributed by atoms with Gasteiger partial charge in [-0.05, 0) is 19.1 Å². The number of allylic oxidation sites excluding steroid dienone is 1. The Morgan fingerprint density at radius 1 is 1.37 bits per heavy atom. The molecule has 0 aliphatic heterocycles. The van der Waals surface area contributed by atoms with E-state index in [0.29, 0.717) is 5.69 Å². The molecule has 0 atom stereocenters. The first-order valence-corrected chi connectivity index (χ1v) is 6.78. The molecule has 0 unspecified atom stereocenters. The summed E-state index contributed by atoms with van der Waals surface area (Å²) in [6, 6.07) is 2.90. The van der Waals surface area contributed by atoms with E-state index < -0.39 is 22.5 Å². The number of esters is 1. The van der Waals surface area contributed by atoms with Crippen molar-refractivity contribution < 1.29 is 22.7 Å². The summed E-state index contributed by atoms with van der Waals surface area (Å²) >= 11 is 0. The van der Waals surface area contributed by atoms with E-state index in [0.717, 1.165) is 0 Å². The Morgan fingerprint density at radius 3 is 2.63 bits per heavy atom. The van der Waals surface area contributed by atoms with Crippen molar-refractivity contribution in [2.45, 2.75) is 12.7 Å². The molecular formula is C12H13NO5S. The van der Waals surface area contributed by atoms with Crippen LogP contribution in [0.4, 0.5) is 0 Å². The maximum Gasteiger partial charge on any atom is 0.330 e. The molecule has 0 N–H and O–H groups in total. The summed E-state index contributed by atoms with van der Waals surface area (Å²) in [7, 11) is -2.55. The third-order valence-corrected chi connectivity index (χ3v) is 2.67. The van der Waals surface area contributed by atoms with Crippen LogP contribution in [0, 0.1) is 0 Å². The van der Waals surface area contributed by atoms with Crippen molar-refractivity contribution in [1.82, 2.24) is 4.98 Å². The Hall–Kier alpha value is -2.02. The van der Waals surface area contributed by atoms with Crippen LogP contribution in [0.25, 0.3) is 0 Å². The van der Waals surface area contributed by atoms with Crippen molar-refractivity contribution in [1.29, 1.82) is 0 Å². The van der Waals surface area contributed by atoms with Gasteiger partial charge in [-0.2, -0.15) is 0 Å². The number of ether oxygens (including phenoxy) is 1. The van der Waals surface area contributed by atoms with Crippen LogP contribution in [0.2, 0.25) is 0 Å². The second-order valence-electron chi connectivity index (χ2n) is 3.56. The topological polar surface area (TPSA) is 90.4 Å². The van der Waals surface area contributed by atoms with E-state index >= 15 is 0 Å². The zero-order chi connectivity index (χ0) is 14.3. The highest BCUT2D eigenvalue weighted by atomic mass is 32.2. The third-order valence-electron chi connectivity index (χ3n) is 2.09. The Labute approximate surface area is 112 Å². The molecule has 0 radical (unpaired) electrons. The summed E-state index contributed by atoms with van der Waals surface area (Å²) < 4.78 is 25.7. The van der Waals surface area contributed by atoms with E-state index in [1.54, 1.807) is 6.92 Å².